The van der Waals surface area contributed by atoms with E-state index in [9.17, 15) is 13.2 Å². The van der Waals surface area contributed by atoms with Crippen molar-refractivity contribution in [2.45, 2.75) is 24.2 Å². The Kier molecular flexibility index (Phi) is 6.56. The molecule has 2 heterocycles. The van der Waals surface area contributed by atoms with Gasteiger partial charge in [0, 0.05) is 12.6 Å². The molecule has 0 amide bonds. The number of rotatable bonds is 7. The van der Waals surface area contributed by atoms with Crippen molar-refractivity contribution in [1.29, 1.82) is 0 Å². The van der Waals surface area contributed by atoms with Crippen molar-refractivity contribution < 1.29 is 27.4 Å². The largest absolute Gasteiger partial charge is 0.486 e. The van der Waals surface area contributed by atoms with Gasteiger partial charge >= 0.3 is 5.97 Å². The van der Waals surface area contributed by atoms with Crippen LogP contribution in [0.2, 0.25) is 0 Å². The zero-order valence-electron chi connectivity index (χ0n) is 15.5. The highest BCUT2D eigenvalue weighted by Crippen LogP contribution is 2.32. The van der Waals surface area contributed by atoms with Crippen LogP contribution in [0.15, 0.2) is 23.1 Å². The summed E-state index contributed by atoms with van der Waals surface area (Å²) in [5.41, 5.74) is 0. The number of carbonyl (C=O) groups is 1. The second-order valence-electron chi connectivity index (χ2n) is 6.70. The predicted molar refractivity (Wildman–Crippen MR) is 98.4 cm³/mol. The molecule has 1 fully saturated rings. The van der Waals surface area contributed by atoms with Crippen molar-refractivity contribution in [3.05, 3.63) is 18.2 Å². The number of piperidine rings is 1. The van der Waals surface area contributed by atoms with Crippen LogP contribution in [0.4, 0.5) is 0 Å². The molecule has 0 bridgehead atoms. The van der Waals surface area contributed by atoms with Gasteiger partial charge in [-0.3, -0.25) is 4.79 Å². The van der Waals surface area contributed by atoms with Crippen LogP contribution in [-0.4, -0.2) is 65.8 Å². The fourth-order valence-corrected chi connectivity index (χ4v) is 4.43. The molecule has 9 heteroatoms. The lowest BCUT2D eigenvalue weighted by Crippen LogP contribution is -2.38. The van der Waals surface area contributed by atoms with Gasteiger partial charge in [0.15, 0.2) is 11.5 Å². The zero-order valence-corrected chi connectivity index (χ0v) is 16.3. The minimum absolute atomic E-state index is 0.0139. The highest BCUT2D eigenvalue weighted by Gasteiger charge is 2.25. The maximum Gasteiger partial charge on any atom is 0.308 e. The van der Waals surface area contributed by atoms with Gasteiger partial charge in [-0.15, -0.1) is 0 Å². The number of nitrogens with zero attached hydrogens (tertiary/aromatic N) is 1. The highest BCUT2D eigenvalue weighted by molar-refractivity contribution is 7.89. The second kappa shape index (κ2) is 8.90. The summed E-state index contributed by atoms with van der Waals surface area (Å²) in [4.78, 5) is 14.0. The molecule has 1 aromatic rings. The third-order valence-electron chi connectivity index (χ3n) is 4.89. The van der Waals surface area contributed by atoms with Gasteiger partial charge in [0.2, 0.25) is 10.0 Å². The first kappa shape index (κ1) is 19.9. The lowest BCUT2D eigenvalue weighted by atomic mass is 9.97. The fourth-order valence-electron chi connectivity index (χ4n) is 3.34. The van der Waals surface area contributed by atoms with Crippen LogP contribution in [-0.2, 0) is 19.6 Å². The first-order valence-electron chi connectivity index (χ1n) is 9.19. The predicted octanol–water partition coefficient (Wildman–Crippen LogP) is 1.01. The summed E-state index contributed by atoms with van der Waals surface area (Å²) in [6, 6.07) is 4.64. The molecule has 150 valence electrons. The molecule has 1 N–H and O–H groups in total. The number of ether oxygens (including phenoxy) is 3. The van der Waals surface area contributed by atoms with Crippen LogP contribution >= 0.6 is 0 Å². The number of sulfonamides is 1. The van der Waals surface area contributed by atoms with Crippen molar-refractivity contribution in [1.82, 2.24) is 9.62 Å². The Morgan fingerprint density at radius 2 is 1.93 bits per heavy atom. The van der Waals surface area contributed by atoms with Gasteiger partial charge in [-0.1, -0.05) is 0 Å². The monoisotopic (exact) mass is 398 g/mol. The zero-order chi connectivity index (χ0) is 19.3. The third-order valence-corrected chi connectivity index (χ3v) is 6.35. The Balaban J connectivity index is 1.43. The second-order valence-corrected chi connectivity index (χ2v) is 8.46. The van der Waals surface area contributed by atoms with Gasteiger partial charge in [0.05, 0.1) is 17.9 Å². The maximum absolute atomic E-state index is 12.4. The molecule has 2 aliphatic rings. The quantitative estimate of drug-likeness (QED) is 0.541. The summed E-state index contributed by atoms with van der Waals surface area (Å²) in [7, 11) is -2.17. The first-order chi connectivity index (χ1) is 13.0. The Morgan fingerprint density at radius 3 is 2.63 bits per heavy atom. The Bertz CT molecular complexity index is 759. The number of benzene rings is 1. The van der Waals surface area contributed by atoms with E-state index in [-0.39, 0.29) is 16.8 Å². The van der Waals surface area contributed by atoms with Crippen molar-refractivity contribution in [2.24, 2.45) is 5.92 Å². The van der Waals surface area contributed by atoms with E-state index in [1.165, 1.54) is 19.2 Å². The SMILES string of the molecule is COC(=O)C1CCN(CCCNS(=O)(=O)c2ccc3c(c2)OCCO3)CC1. The van der Waals surface area contributed by atoms with Crippen molar-refractivity contribution in [3.8, 4) is 11.5 Å². The van der Waals surface area contributed by atoms with E-state index in [1.807, 2.05) is 0 Å². The number of carbonyl (C=O) groups excluding carboxylic acids is 1. The Hall–Kier alpha value is -1.84. The molecule has 1 aromatic carbocycles. The molecule has 1 saturated heterocycles. The topological polar surface area (TPSA) is 94.2 Å². The van der Waals surface area contributed by atoms with Gasteiger partial charge in [0.1, 0.15) is 13.2 Å². The number of esters is 1. The number of hydrogen-bond acceptors (Lipinski definition) is 7. The lowest BCUT2D eigenvalue weighted by molar-refractivity contribution is -0.147. The molecule has 0 aromatic heterocycles. The van der Waals surface area contributed by atoms with Crippen molar-refractivity contribution in [3.63, 3.8) is 0 Å². The van der Waals surface area contributed by atoms with Crippen LogP contribution in [0.5, 0.6) is 11.5 Å². The standard InChI is InChI=1S/C18H26N2O6S/c1-24-18(21)14-5-9-20(10-6-14)8-2-7-19-27(22,23)15-3-4-16-17(13-15)26-12-11-25-16/h3-4,13-14,19H,2,5-12H2,1H3. The van der Waals surface area contributed by atoms with Crippen LogP contribution in [0, 0.1) is 5.92 Å². The number of likely N-dealkylation sites (tertiary alicyclic amines) is 1. The van der Waals surface area contributed by atoms with E-state index in [0.717, 1.165) is 32.5 Å². The minimum Gasteiger partial charge on any atom is -0.486 e. The molecule has 0 spiro atoms. The molecule has 27 heavy (non-hydrogen) atoms. The van der Waals surface area contributed by atoms with Gasteiger partial charge < -0.3 is 19.1 Å². The fraction of sp³-hybridized carbons (Fsp3) is 0.611. The molecular formula is C18H26N2O6S. The average molecular weight is 398 g/mol. The van der Waals surface area contributed by atoms with E-state index in [4.69, 9.17) is 14.2 Å². The molecular weight excluding hydrogens is 372 g/mol. The van der Waals surface area contributed by atoms with E-state index in [2.05, 4.69) is 9.62 Å². The summed E-state index contributed by atoms with van der Waals surface area (Å²) in [6.07, 6.45) is 2.28. The minimum atomic E-state index is -3.59. The highest BCUT2D eigenvalue weighted by atomic mass is 32.2. The first-order valence-corrected chi connectivity index (χ1v) is 10.7. The normalized spacial score (nSPS) is 18.3. The molecule has 0 aliphatic carbocycles. The summed E-state index contributed by atoms with van der Waals surface area (Å²) in [6.45, 7) is 3.68. The molecule has 0 saturated carbocycles. The summed E-state index contributed by atoms with van der Waals surface area (Å²) in [5, 5.41) is 0. The van der Waals surface area contributed by atoms with Gasteiger partial charge in [-0.25, -0.2) is 13.1 Å². The number of hydrogen-bond donors (Lipinski definition) is 1. The molecule has 2 aliphatic heterocycles. The average Bonchev–Trinajstić information content (AvgIpc) is 2.70. The number of nitrogens with one attached hydrogen (secondary N) is 1. The van der Waals surface area contributed by atoms with E-state index >= 15 is 0 Å². The summed E-state index contributed by atoms with van der Waals surface area (Å²) in [5.74, 6) is 0.870. The third kappa shape index (κ3) is 5.12. The molecule has 3 rings (SSSR count). The van der Waals surface area contributed by atoms with Crippen LogP contribution < -0.4 is 14.2 Å². The molecule has 0 unspecified atom stereocenters. The Morgan fingerprint density at radius 1 is 1.22 bits per heavy atom. The van der Waals surface area contributed by atoms with Gasteiger partial charge in [-0.2, -0.15) is 0 Å². The van der Waals surface area contributed by atoms with Crippen molar-refractivity contribution in [2.75, 3.05) is 46.5 Å². The maximum atomic E-state index is 12.4. The van der Waals surface area contributed by atoms with Crippen LogP contribution in [0.25, 0.3) is 0 Å². The summed E-state index contributed by atoms with van der Waals surface area (Å²) < 4.78 is 43.2. The van der Waals surface area contributed by atoms with Crippen LogP contribution in [0.3, 0.4) is 0 Å². The van der Waals surface area contributed by atoms with Crippen LogP contribution in [0.1, 0.15) is 19.3 Å². The van der Waals surface area contributed by atoms with Crippen molar-refractivity contribution >= 4 is 16.0 Å². The molecule has 0 atom stereocenters. The number of fused-ring (bicyclic) bond motifs is 1. The summed E-state index contributed by atoms with van der Waals surface area (Å²) >= 11 is 0. The van der Waals surface area contributed by atoms with E-state index < -0.39 is 10.0 Å². The molecule has 0 radical (unpaired) electrons. The smallest absolute Gasteiger partial charge is 0.308 e. The number of methoxy groups -OCH3 is 1. The molecule has 8 nitrogen and oxygen atoms in total. The van der Waals surface area contributed by atoms with Gasteiger partial charge in [-0.05, 0) is 51.0 Å². The van der Waals surface area contributed by atoms with Gasteiger partial charge in [0.25, 0.3) is 0 Å². The lowest BCUT2D eigenvalue weighted by Gasteiger charge is -2.30. The van der Waals surface area contributed by atoms with E-state index in [1.54, 1.807) is 6.07 Å². The Labute approximate surface area is 159 Å². The van der Waals surface area contributed by atoms with E-state index in [0.29, 0.717) is 37.7 Å².